The molecule has 2 aliphatic rings. The van der Waals surface area contributed by atoms with Crippen molar-refractivity contribution in [3.05, 3.63) is 23.5 Å². The number of anilines is 1. The van der Waals surface area contributed by atoms with Gasteiger partial charge in [-0.3, -0.25) is 0 Å². The second-order valence-electron chi connectivity index (χ2n) is 4.98. The topological polar surface area (TPSA) is 76.6 Å². The van der Waals surface area contributed by atoms with E-state index in [4.69, 9.17) is 15.5 Å². The molecular formula is C14H19N5O. The standard InChI is InChI=1S/C14H19N5O/c1-10-11(9-16-14(15)17-10)12-3-2-4-13(18-12)19-5-7-20-8-6-19/h3,9H,2,4-8H2,1H3,(H2,15,16,17). The van der Waals surface area contributed by atoms with Crippen LogP contribution in [0.2, 0.25) is 0 Å². The minimum atomic E-state index is 0.306. The number of hydrogen-bond donors (Lipinski definition) is 1. The summed E-state index contributed by atoms with van der Waals surface area (Å²) in [4.78, 5) is 15.4. The first kappa shape index (κ1) is 13.1. The number of aliphatic imine (C=N–C) groups is 1. The quantitative estimate of drug-likeness (QED) is 0.833. The van der Waals surface area contributed by atoms with Crippen LogP contribution in [0, 0.1) is 6.92 Å². The third kappa shape index (κ3) is 2.65. The van der Waals surface area contributed by atoms with Crippen molar-refractivity contribution in [2.75, 3.05) is 32.0 Å². The van der Waals surface area contributed by atoms with Gasteiger partial charge >= 0.3 is 0 Å². The molecule has 0 unspecified atom stereocenters. The molecule has 1 aromatic rings. The molecule has 20 heavy (non-hydrogen) atoms. The van der Waals surface area contributed by atoms with E-state index in [2.05, 4.69) is 20.9 Å². The maximum Gasteiger partial charge on any atom is 0.220 e. The summed E-state index contributed by atoms with van der Waals surface area (Å²) >= 11 is 0. The van der Waals surface area contributed by atoms with E-state index in [0.717, 1.165) is 61.9 Å². The van der Waals surface area contributed by atoms with Crippen LogP contribution in [0.1, 0.15) is 24.1 Å². The van der Waals surface area contributed by atoms with E-state index in [1.807, 2.05) is 6.92 Å². The van der Waals surface area contributed by atoms with Gasteiger partial charge in [0.25, 0.3) is 0 Å². The number of aromatic nitrogens is 2. The van der Waals surface area contributed by atoms with Crippen LogP contribution >= 0.6 is 0 Å². The number of ether oxygens (including phenoxy) is 1. The molecule has 0 radical (unpaired) electrons. The highest BCUT2D eigenvalue weighted by Gasteiger charge is 2.19. The summed E-state index contributed by atoms with van der Waals surface area (Å²) in [5, 5.41) is 0. The Labute approximate surface area is 118 Å². The molecule has 6 heteroatoms. The maximum atomic E-state index is 5.60. The number of amidine groups is 1. The van der Waals surface area contributed by atoms with Gasteiger partial charge < -0.3 is 15.4 Å². The molecule has 0 atom stereocenters. The molecule has 1 aromatic heterocycles. The van der Waals surface area contributed by atoms with Crippen LogP contribution in [0.5, 0.6) is 0 Å². The number of rotatable bonds is 1. The lowest BCUT2D eigenvalue weighted by Crippen LogP contribution is -2.41. The van der Waals surface area contributed by atoms with Crippen molar-refractivity contribution < 1.29 is 4.74 Å². The number of nitrogen functional groups attached to an aromatic ring is 1. The molecule has 3 rings (SSSR count). The summed E-state index contributed by atoms with van der Waals surface area (Å²) in [5.41, 5.74) is 8.39. The van der Waals surface area contributed by atoms with Gasteiger partial charge in [-0.25, -0.2) is 15.0 Å². The Balaban J connectivity index is 1.86. The maximum absolute atomic E-state index is 5.60. The van der Waals surface area contributed by atoms with E-state index in [9.17, 15) is 0 Å². The summed E-state index contributed by atoms with van der Waals surface area (Å²) < 4.78 is 5.39. The van der Waals surface area contributed by atoms with Crippen molar-refractivity contribution >= 4 is 17.5 Å². The Bertz CT molecular complexity index is 561. The van der Waals surface area contributed by atoms with Crippen molar-refractivity contribution in [3.8, 4) is 0 Å². The van der Waals surface area contributed by atoms with Crippen LogP contribution in [0.4, 0.5) is 5.95 Å². The van der Waals surface area contributed by atoms with E-state index >= 15 is 0 Å². The molecule has 0 bridgehead atoms. The van der Waals surface area contributed by atoms with E-state index in [1.54, 1.807) is 6.20 Å². The first-order valence-electron chi connectivity index (χ1n) is 6.94. The second kappa shape index (κ2) is 5.58. The first-order valence-corrected chi connectivity index (χ1v) is 6.94. The third-order valence-corrected chi connectivity index (χ3v) is 3.61. The van der Waals surface area contributed by atoms with E-state index in [0.29, 0.717) is 5.95 Å². The zero-order valence-electron chi connectivity index (χ0n) is 11.7. The molecule has 0 amide bonds. The van der Waals surface area contributed by atoms with E-state index in [-0.39, 0.29) is 0 Å². The van der Waals surface area contributed by atoms with Crippen LogP contribution < -0.4 is 5.73 Å². The predicted molar refractivity (Wildman–Crippen MR) is 78.2 cm³/mol. The van der Waals surface area contributed by atoms with Crippen LogP contribution in [0.3, 0.4) is 0 Å². The highest BCUT2D eigenvalue weighted by atomic mass is 16.5. The fourth-order valence-corrected chi connectivity index (χ4v) is 2.54. The highest BCUT2D eigenvalue weighted by molar-refractivity contribution is 5.90. The smallest absolute Gasteiger partial charge is 0.220 e. The normalized spacial score (nSPS) is 19.6. The van der Waals surface area contributed by atoms with Crippen LogP contribution in [0.25, 0.3) is 5.70 Å². The molecule has 0 saturated carbocycles. The minimum absolute atomic E-state index is 0.306. The van der Waals surface area contributed by atoms with Crippen molar-refractivity contribution in [1.29, 1.82) is 0 Å². The Kier molecular flexibility index (Phi) is 3.64. The molecule has 1 fully saturated rings. The molecule has 3 heterocycles. The van der Waals surface area contributed by atoms with E-state index in [1.165, 1.54) is 0 Å². The fraction of sp³-hybridized carbons (Fsp3) is 0.500. The van der Waals surface area contributed by atoms with Gasteiger partial charge in [-0.2, -0.15) is 0 Å². The van der Waals surface area contributed by atoms with Crippen LogP contribution in [-0.4, -0.2) is 47.0 Å². The summed E-state index contributed by atoms with van der Waals surface area (Å²) in [6, 6.07) is 0. The second-order valence-corrected chi connectivity index (χ2v) is 4.98. The fourth-order valence-electron chi connectivity index (χ4n) is 2.54. The first-order chi connectivity index (χ1) is 9.74. The van der Waals surface area contributed by atoms with Crippen molar-refractivity contribution in [1.82, 2.24) is 14.9 Å². The number of nitrogens with two attached hydrogens (primary N) is 1. The molecule has 0 spiro atoms. The number of allylic oxidation sites excluding steroid dienone is 1. The van der Waals surface area contributed by atoms with Gasteiger partial charge in [0.2, 0.25) is 5.95 Å². The summed E-state index contributed by atoms with van der Waals surface area (Å²) in [5.74, 6) is 1.45. The molecule has 0 aliphatic carbocycles. The Morgan fingerprint density at radius 2 is 2.10 bits per heavy atom. The van der Waals surface area contributed by atoms with Gasteiger partial charge in [-0.05, 0) is 13.3 Å². The lowest BCUT2D eigenvalue weighted by Gasteiger charge is -2.31. The monoisotopic (exact) mass is 273 g/mol. The Hall–Kier alpha value is -1.95. The van der Waals surface area contributed by atoms with Crippen LogP contribution in [0.15, 0.2) is 17.3 Å². The molecule has 106 valence electrons. The highest BCUT2D eigenvalue weighted by Crippen LogP contribution is 2.24. The molecule has 0 aromatic carbocycles. The molecular weight excluding hydrogens is 254 g/mol. The number of hydrogen-bond acceptors (Lipinski definition) is 6. The van der Waals surface area contributed by atoms with Gasteiger partial charge in [-0.15, -0.1) is 0 Å². The Morgan fingerprint density at radius 3 is 2.85 bits per heavy atom. The molecule has 2 aliphatic heterocycles. The predicted octanol–water partition coefficient (Wildman–Crippen LogP) is 1.23. The largest absolute Gasteiger partial charge is 0.378 e. The molecule has 1 saturated heterocycles. The minimum Gasteiger partial charge on any atom is -0.378 e. The summed E-state index contributed by atoms with van der Waals surface area (Å²) in [7, 11) is 0. The lowest BCUT2D eigenvalue weighted by atomic mass is 10.1. The molecule has 6 nitrogen and oxygen atoms in total. The average molecular weight is 273 g/mol. The van der Waals surface area contributed by atoms with Gasteiger partial charge in [0.1, 0.15) is 5.84 Å². The number of aryl methyl sites for hydroxylation is 1. The van der Waals surface area contributed by atoms with Gasteiger partial charge in [-0.1, -0.05) is 6.08 Å². The van der Waals surface area contributed by atoms with Gasteiger partial charge in [0.15, 0.2) is 0 Å². The third-order valence-electron chi connectivity index (χ3n) is 3.61. The van der Waals surface area contributed by atoms with Gasteiger partial charge in [0.05, 0.1) is 24.6 Å². The van der Waals surface area contributed by atoms with E-state index < -0.39 is 0 Å². The van der Waals surface area contributed by atoms with Crippen molar-refractivity contribution in [2.24, 2.45) is 4.99 Å². The average Bonchev–Trinajstić information content (AvgIpc) is 2.48. The Morgan fingerprint density at radius 1 is 1.30 bits per heavy atom. The van der Waals surface area contributed by atoms with Crippen molar-refractivity contribution in [2.45, 2.75) is 19.8 Å². The summed E-state index contributed by atoms with van der Waals surface area (Å²) in [6.45, 7) is 5.34. The number of nitrogens with zero attached hydrogens (tertiary/aromatic N) is 4. The molecule has 2 N–H and O–H groups in total. The summed E-state index contributed by atoms with van der Waals surface area (Å²) in [6.07, 6.45) is 5.88. The SMILES string of the molecule is Cc1nc(N)ncc1C1=CCCC(N2CCOCC2)=N1. The zero-order valence-corrected chi connectivity index (χ0v) is 11.7. The van der Waals surface area contributed by atoms with Crippen molar-refractivity contribution in [3.63, 3.8) is 0 Å². The zero-order chi connectivity index (χ0) is 13.9. The van der Waals surface area contributed by atoms with Gasteiger partial charge in [0, 0.05) is 31.3 Å². The number of morpholine rings is 1. The van der Waals surface area contributed by atoms with Crippen LogP contribution in [-0.2, 0) is 4.74 Å². The lowest BCUT2D eigenvalue weighted by molar-refractivity contribution is 0.0672.